The van der Waals surface area contributed by atoms with E-state index < -0.39 is 0 Å². The van der Waals surface area contributed by atoms with Crippen LogP contribution in [0, 0.1) is 18.3 Å². The third-order valence-electron chi connectivity index (χ3n) is 3.58. The Kier molecular flexibility index (Phi) is 3.65. The van der Waals surface area contributed by atoms with E-state index in [0.717, 1.165) is 22.3 Å². The monoisotopic (exact) mass is 301 g/mol. The molecular formula is C18H15N5. The first-order chi connectivity index (χ1) is 11.1. The first-order valence-electron chi connectivity index (χ1n) is 7.09. The summed E-state index contributed by atoms with van der Waals surface area (Å²) in [6.45, 7) is 2.04. The highest BCUT2D eigenvalue weighted by Gasteiger charge is 2.16. The van der Waals surface area contributed by atoms with Gasteiger partial charge in [-0.25, -0.2) is 4.98 Å². The number of rotatable bonds is 2. The van der Waals surface area contributed by atoms with Crippen molar-refractivity contribution >= 4 is 11.8 Å². The molecule has 2 aromatic carbocycles. The Morgan fingerprint density at radius 3 is 2.39 bits per heavy atom. The van der Waals surface area contributed by atoms with Crippen molar-refractivity contribution in [1.82, 2.24) is 9.97 Å². The molecule has 3 aromatic rings. The van der Waals surface area contributed by atoms with Crippen molar-refractivity contribution in [3.63, 3.8) is 0 Å². The predicted molar refractivity (Wildman–Crippen MR) is 91.2 cm³/mol. The summed E-state index contributed by atoms with van der Waals surface area (Å²) < 4.78 is 0. The smallest absolute Gasteiger partial charge is 0.222 e. The maximum atomic E-state index is 9.41. The number of nitrogens with two attached hydrogens (primary N) is 2. The van der Waals surface area contributed by atoms with E-state index in [4.69, 9.17) is 11.5 Å². The second-order valence-electron chi connectivity index (χ2n) is 5.22. The molecule has 0 aliphatic heterocycles. The van der Waals surface area contributed by atoms with Gasteiger partial charge in [0.05, 0.1) is 5.69 Å². The molecule has 0 saturated carbocycles. The van der Waals surface area contributed by atoms with Crippen LogP contribution in [0.25, 0.3) is 22.4 Å². The number of hydrogen-bond donors (Lipinski definition) is 2. The third kappa shape index (κ3) is 2.70. The maximum absolute atomic E-state index is 9.41. The van der Waals surface area contributed by atoms with Crippen molar-refractivity contribution in [3.05, 3.63) is 59.7 Å². The molecule has 0 spiro atoms. The van der Waals surface area contributed by atoms with E-state index in [-0.39, 0.29) is 17.3 Å². The molecule has 0 bridgehead atoms. The van der Waals surface area contributed by atoms with E-state index in [1.54, 1.807) is 0 Å². The lowest BCUT2D eigenvalue weighted by Gasteiger charge is -2.12. The fourth-order valence-electron chi connectivity index (χ4n) is 2.56. The molecule has 0 unspecified atom stereocenters. The standard InChI is InChI=1S/C18H15N5/c1-11-5-4-6-12(9-11)13-7-2-3-8-14(13)16-15(10-19)17(20)23-18(21)22-16/h2-9H,1H3,(H4,20,21,22,23). The van der Waals surface area contributed by atoms with Gasteiger partial charge in [-0.1, -0.05) is 54.1 Å². The van der Waals surface area contributed by atoms with Gasteiger partial charge in [-0.3, -0.25) is 0 Å². The topological polar surface area (TPSA) is 102 Å². The van der Waals surface area contributed by atoms with Gasteiger partial charge in [-0.2, -0.15) is 10.2 Å². The van der Waals surface area contributed by atoms with Gasteiger partial charge in [0.15, 0.2) is 0 Å². The minimum atomic E-state index is 0.0514. The lowest BCUT2D eigenvalue weighted by molar-refractivity contribution is 1.18. The van der Waals surface area contributed by atoms with Gasteiger partial charge < -0.3 is 11.5 Å². The lowest BCUT2D eigenvalue weighted by atomic mass is 9.95. The zero-order chi connectivity index (χ0) is 16.4. The normalized spacial score (nSPS) is 10.3. The van der Waals surface area contributed by atoms with Gasteiger partial charge in [0.1, 0.15) is 17.5 Å². The van der Waals surface area contributed by atoms with Gasteiger partial charge in [-0.05, 0) is 18.1 Å². The van der Waals surface area contributed by atoms with Crippen LogP contribution in [-0.4, -0.2) is 9.97 Å². The molecule has 0 aliphatic rings. The highest BCUT2D eigenvalue weighted by Crippen LogP contribution is 2.34. The summed E-state index contributed by atoms with van der Waals surface area (Å²) in [6.07, 6.45) is 0. The molecule has 0 atom stereocenters. The highest BCUT2D eigenvalue weighted by molar-refractivity contribution is 5.86. The second kappa shape index (κ2) is 5.78. The van der Waals surface area contributed by atoms with Crippen molar-refractivity contribution in [2.24, 2.45) is 0 Å². The number of nitrogens with zero attached hydrogens (tertiary/aromatic N) is 3. The molecule has 5 heteroatoms. The van der Waals surface area contributed by atoms with Crippen LogP contribution in [0.1, 0.15) is 11.1 Å². The van der Waals surface area contributed by atoms with Crippen molar-refractivity contribution in [1.29, 1.82) is 5.26 Å². The Hall–Kier alpha value is -3.39. The van der Waals surface area contributed by atoms with Crippen LogP contribution >= 0.6 is 0 Å². The number of anilines is 2. The van der Waals surface area contributed by atoms with Crippen LogP contribution < -0.4 is 11.5 Å². The van der Waals surface area contributed by atoms with Crippen molar-refractivity contribution in [2.45, 2.75) is 6.92 Å². The number of aromatic nitrogens is 2. The first kappa shape index (κ1) is 14.5. The molecule has 4 N–H and O–H groups in total. The molecule has 1 heterocycles. The average molecular weight is 301 g/mol. The molecule has 1 aromatic heterocycles. The quantitative estimate of drug-likeness (QED) is 0.757. The Balaban J connectivity index is 2.30. The molecule has 0 saturated heterocycles. The fourth-order valence-corrected chi connectivity index (χ4v) is 2.56. The zero-order valence-corrected chi connectivity index (χ0v) is 12.6. The summed E-state index contributed by atoms with van der Waals surface area (Å²) in [6, 6.07) is 17.9. The highest BCUT2D eigenvalue weighted by atomic mass is 15.0. The van der Waals surface area contributed by atoms with Crippen LogP contribution in [-0.2, 0) is 0 Å². The van der Waals surface area contributed by atoms with Gasteiger partial charge in [-0.15, -0.1) is 0 Å². The molecular weight excluding hydrogens is 286 g/mol. The van der Waals surface area contributed by atoms with Crippen molar-refractivity contribution in [2.75, 3.05) is 11.5 Å². The SMILES string of the molecule is Cc1cccc(-c2ccccc2-c2nc(N)nc(N)c2C#N)c1. The van der Waals surface area contributed by atoms with Gasteiger partial charge >= 0.3 is 0 Å². The third-order valence-corrected chi connectivity index (χ3v) is 3.58. The Labute approximate surface area is 134 Å². The summed E-state index contributed by atoms with van der Waals surface area (Å²) in [7, 11) is 0. The summed E-state index contributed by atoms with van der Waals surface area (Å²) in [4.78, 5) is 8.12. The van der Waals surface area contributed by atoms with Crippen molar-refractivity contribution < 1.29 is 0 Å². The molecule has 0 fully saturated rings. The van der Waals surface area contributed by atoms with Crippen LogP contribution in [0.15, 0.2) is 48.5 Å². The van der Waals surface area contributed by atoms with E-state index in [0.29, 0.717) is 5.69 Å². The predicted octanol–water partition coefficient (Wildman–Crippen LogP) is 3.16. The molecule has 0 amide bonds. The number of hydrogen-bond acceptors (Lipinski definition) is 5. The molecule has 23 heavy (non-hydrogen) atoms. The van der Waals surface area contributed by atoms with Gasteiger partial charge in [0.2, 0.25) is 5.95 Å². The largest absolute Gasteiger partial charge is 0.382 e. The Bertz CT molecular complexity index is 925. The Morgan fingerprint density at radius 1 is 0.957 bits per heavy atom. The van der Waals surface area contributed by atoms with Crippen LogP contribution in [0.3, 0.4) is 0 Å². The van der Waals surface area contributed by atoms with E-state index >= 15 is 0 Å². The average Bonchev–Trinajstić information content (AvgIpc) is 2.54. The van der Waals surface area contributed by atoms with Gasteiger partial charge in [0, 0.05) is 5.56 Å². The zero-order valence-electron chi connectivity index (χ0n) is 12.6. The van der Waals surface area contributed by atoms with Gasteiger partial charge in [0.25, 0.3) is 0 Å². The molecule has 3 rings (SSSR count). The number of nitrogen functional groups attached to an aromatic ring is 2. The lowest BCUT2D eigenvalue weighted by Crippen LogP contribution is -2.05. The minimum absolute atomic E-state index is 0.0514. The number of aryl methyl sites for hydroxylation is 1. The van der Waals surface area contributed by atoms with E-state index in [9.17, 15) is 5.26 Å². The van der Waals surface area contributed by atoms with E-state index in [1.807, 2.05) is 49.4 Å². The minimum Gasteiger partial charge on any atom is -0.382 e. The second-order valence-corrected chi connectivity index (χ2v) is 5.22. The van der Waals surface area contributed by atoms with E-state index in [2.05, 4.69) is 22.1 Å². The molecule has 112 valence electrons. The summed E-state index contributed by atoms with van der Waals surface area (Å²) >= 11 is 0. The summed E-state index contributed by atoms with van der Waals surface area (Å²) in [5.41, 5.74) is 16.2. The number of benzene rings is 2. The molecule has 5 nitrogen and oxygen atoms in total. The van der Waals surface area contributed by atoms with Crippen LogP contribution in [0.5, 0.6) is 0 Å². The summed E-state index contributed by atoms with van der Waals surface area (Å²) in [5.74, 6) is 0.143. The first-order valence-corrected chi connectivity index (χ1v) is 7.09. The maximum Gasteiger partial charge on any atom is 0.222 e. The van der Waals surface area contributed by atoms with Crippen LogP contribution in [0.2, 0.25) is 0 Å². The number of nitriles is 1. The summed E-state index contributed by atoms with van der Waals surface area (Å²) in [5, 5.41) is 9.41. The molecule has 0 aliphatic carbocycles. The fraction of sp³-hybridized carbons (Fsp3) is 0.0556. The van der Waals surface area contributed by atoms with Crippen molar-refractivity contribution in [3.8, 4) is 28.5 Å². The Morgan fingerprint density at radius 2 is 1.70 bits per heavy atom. The van der Waals surface area contributed by atoms with Crippen LogP contribution in [0.4, 0.5) is 11.8 Å². The van der Waals surface area contributed by atoms with E-state index in [1.165, 1.54) is 0 Å². The molecule has 0 radical (unpaired) electrons.